The Kier molecular flexibility index (Phi) is 5.73. The molecule has 4 nitrogen and oxygen atoms in total. The van der Waals surface area contributed by atoms with Crippen molar-refractivity contribution in [2.45, 2.75) is 12.5 Å². The molecule has 104 valence electrons. The van der Waals surface area contributed by atoms with Gasteiger partial charge in [-0.3, -0.25) is 0 Å². The highest BCUT2D eigenvalue weighted by Gasteiger charge is 2.08. The number of benzene rings is 1. The summed E-state index contributed by atoms with van der Waals surface area (Å²) in [5, 5.41) is 8.38. The van der Waals surface area contributed by atoms with Gasteiger partial charge in [-0.15, -0.1) is 0 Å². The second-order valence-corrected chi connectivity index (χ2v) is 4.21. The van der Waals surface area contributed by atoms with Gasteiger partial charge in [-0.2, -0.15) is 10.2 Å². The standard InChI is InChI=1S/C16H18N2O2/c1-2-19-12-13-20-16-10-8-15(9-11-16)18-17-14-6-4-3-5-7-14/h2-10,16H,1,11-13H2/b18-17+. The second-order valence-electron chi connectivity index (χ2n) is 4.21. The highest BCUT2D eigenvalue weighted by Crippen LogP contribution is 2.17. The van der Waals surface area contributed by atoms with Crippen molar-refractivity contribution < 1.29 is 9.47 Å². The van der Waals surface area contributed by atoms with E-state index in [1.807, 2.05) is 48.6 Å². The molecule has 1 unspecified atom stereocenters. The van der Waals surface area contributed by atoms with E-state index in [4.69, 9.17) is 9.47 Å². The van der Waals surface area contributed by atoms with Crippen LogP contribution in [-0.4, -0.2) is 19.3 Å². The average molecular weight is 270 g/mol. The summed E-state index contributed by atoms with van der Waals surface area (Å²) in [6, 6.07) is 9.67. The lowest BCUT2D eigenvalue weighted by Gasteiger charge is -2.15. The number of allylic oxidation sites excluding steroid dienone is 1. The third-order valence-corrected chi connectivity index (χ3v) is 2.73. The van der Waals surface area contributed by atoms with Crippen molar-refractivity contribution in [3.05, 3.63) is 67.1 Å². The SMILES string of the molecule is C=COCCOC1C=CC(/N=N/c2ccccc2)=CC1. The van der Waals surface area contributed by atoms with Gasteiger partial charge < -0.3 is 9.47 Å². The quantitative estimate of drug-likeness (QED) is 0.424. The van der Waals surface area contributed by atoms with Gasteiger partial charge in [-0.1, -0.05) is 36.9 Å². The average Bonchev–Trinajstić information content (AvgIpc) is 2.52. The Morgan fingerprint density at radius 2 is 2.05 bits per heavy atom. The molecule has 1 aliphatic carbocycles. The van der Waals surface area contributed by atoms with Crippen LogP contribution in [0.1, 0.15) is 6.42 Å². The van der Waals surface area contributed by atoms with Crippen molar-refractivity contribution in [3.63, 3.8) is 0 Å². The van der Waals surface area contributed by atoms with E-state index < -0.39 is 0 Å². The molecule has 2 rings (SSSR count). The lowest BCUT2D eigenvalue weighted by molar-refractivity contribution is 0.0506. The van der Waals surface area contributed by atoms with E-state index in [1.54, 1.807) is 0 Å². The molecule has 1 aliphatic rings. The molecule has 1 aromatic rings. The zero-order chi connectivity index (χ0) is 14.0. The monoisotopic (exact) mass is 270 g/mol. The maximum absolute atomic E-state index is 5.62. The molecular formula is C16H18N2O2. The van der Waals surface area contributed by atoms with Crippen LogP contribution in [0, 0.1) is 0 Å². The van der Waals surface area contributed by atoms with Crippen molar-refractivity contribution in [2.24, 2.45) is 10.2 Å². The van der Waals surface area contributed by atoms with Gasteiger partial charge in [0.25, 0.3) is 0 Å². The van der Waals surface area contributed by atoms with Crippen LogP contribution in [0.25, 0.3) is 0 Å². The first-order valence-corrected chi connectivity index (χ1v) is 6.58. The summed E-state index contributed by atoms with van der Waals surface area (Å²) in [5.74, 6) is 0. The minimum atomic E-state index is 0.0825. The van der Waals surface area contributed by atoms with Gasteiger partial charge in [0.15, 0.2) is 0 Å². The Labute approximate surface area is 119 Å². The van der Waals surface area contributed by atoms with Crippen LogP contribution in [-0.2, 0) is 9.47 Å². The molecular weight excluding hydrogens is 252 g/mol. The van der Waals surface area contributed by atoms with E-state index in [2.05, 4.69) is 16.8 Å². The number of hydrogen-bond donors (Lipinski definition) is 0. The van der Waals surface area contributed by atoms with Crippen molar-refractivity contribution in [1.29, 1.82) is 0 Å². The van der Waals surface area contributed by atoms with E-state index in [9.17, 15) is 0 Å². The fraction of sp³-hybridized carbons (Fsp3) is 0.250. The van der Waals surface area contributed by atoms with Crippen LogP contribution in [0.15, 0.2) is 77.3 Å². The van der Waals surface area contributed by atoms with Gasteiger partial charge in [0.2, 0.25) is 0 Å². The van der Waals surface area contributed by atoms with E-state index in [1.165, 1.54) is 6.26 Å². The first kappa shape index (κ1) is 14.2. The van der Waals surface area contributed by atoms with Gasteiger partial charge >= 0.3 is 0 Å². The van der Waals surface area contributed by atoms with Gasteiger partial charge in [0.1, 0.15) is 6.61 Å². The molecule has 0 heterocycles. The van der Waals surface area contributed by atoms with Crippen LogP contribution >= 0.6 is 0 Å². The summed E-state index contributed by atoms with van der Waals surface area (Å²) >= 11 is 0. The van der Waals surface area contributed by atoms with Gasteiger partial charge in [-0.05, 0) is 24.6 Å². The van der Waals surface area contributed by atoms with E-state index in [-0.39, 0.29) is 6.10 Å². The molecule has 0 fully saturated rings. The molecule has 20 heavy (non-hydrogen) atoms. The van der Waals surface area contributed by atoms with Crippen LogP contribution in [0.2, 0.25) is 0 Å². The molecule has 0 amide bonds. The van der Waals surface area contributed by atoms with E-state index >= 15 is 0 Å². The summed E-state index contributed by atoms with van der Waals surface area (Å²) in [6.45, 7) is 4.55. The summed E-state index contributed by atoms with van der Waals surface area (Å²) in [4.78, 5) is 0. The Bertz CT molecular complexity index is 506. The van der Waals surface area contributed by atoms with E-state index in [0.717, 1.165) is 17.8 Å². The molecule has 0 aromatic heterocycles. The third-order valence-electron chi connectivity index (χ3n) is 2.73. The minimum absolute atomic E-state index is 0.0825. The number of ether oxygens (including phenoxy) is 2. The maximum atomic E-state index is 5.62. The Morgan fingerprint density at radius 3 is 2.75 bits per heavy atom. The summed E-state index contributed by atoms with van der Waals surface area (Å²) in [7, 11) is 0. The third kappa shape index (κ3) is 4.82. The number of hydrogen-bond acceptors (Lipinski definition) is 4. The smallest absolute Gasteiger partial charge is 0.111 e. The molecule has 0 N–H and O–H groups in total. The zero-order valence-corrected chi connectivity index (χ0v) is 11.3. The first-order chi connectivity index (χ1) is 9.88. The Hall–Kier alpha value is -2.20. The zero-order valence-electron chi connectivity index (χ0n) is 11.3. The topological polar surface area (TPSA) is 43.2 Å². The minimum Gasteiger partial charge on any atom is -0.499 e. The molecule has 0 aliphatic heterocycles. The highest BCUT2D eigenvalue weighted by molar-refractivity contribution is 5.35. The lowest BCUT2D eigenvalue weighted by atomic mass is 10.1. The largest absolute Gasteiger partial charge is 0.499 e. The normalized spacial score (nSPS) is 18.0. The van der Waals surface area contributed by atoms with Crippen molar-refractivity contribution in [3.8, 4) is 0 Å². The molecule has 0 radical (unpaired) electrons. The van der Waals surface area contributed by atoms with E-state index in [0.29, 0.717) is 13.2 Å². The van der Waals surface area contributed by atoms with Gasteiger partial charge in [0.05, 0.1) is 30.4 Å². The fourth-order valence-electron chi connectivity index (χ4n) is 1.73. The number of nitrogens with zero attached hydrogens (tertiary/aromatic N) is 2. The Balaban J connectivity index is 1.77. The summed E-state index contributed by atoms with van der Waals surface area (Å²) in [6.07, 6.45) is 8.24. The predicted octanol–water partition coefficient (Wildman–Crippen LogP) is 4.16. The molecule has 0 saturated heterocycles. The highest BCUT2D eigenvalue weighted by atomic mass is 16.5. The molecule has 0 spiro atoms. The summed E-state index contributed by atoms with van der Waals surface area (Å²) in [5.41, 5.74) is 1.71. The maximum Gasteiger partial charge on any atom is 0.111 e. The fourth-order valence-corrected chi connectivity index (χ4v) is 1.73. The molecule has 4 heteroatoms. The summed E-state index contributed by atoms with van der Waals surface area (Å²) < 4.78 is 10.6. The predicted molar refractivity (Wildman–Crippen MR) is 78.7 cm³/mol. The van der Waals surface area contributed by atoms with Gasteiger partial charge in [-0.25, -0.2) is 0 Å². The number of rotatable bonds is 7. The Morgan fingerprint density at radius 1 is 1.20 bits per heavy atom. The first-order valence-electron chi connectivity index (χ1n) is 6.58. The van der Waals surface area contributed by atoms with Crippen LogP contribution in [0.5, 0.6) is 0 Å². The van der Waals surface area contributed by atoms with Crippen molar-refractivity contribution in [2.75, 3.05) is 13.2 Å². The molecule has 1 aromatic carbocycles. The lowest BCUT2D eigenvalue weighted by Crippen LogP contribution is -2.14. The van der Waals surface area contributed by atoms with Crippen LogP contribution < -0.4 is 0 Å². The van der Waals surface area contributed by atoms with Gasteiger partial charge in [0, 0.05) is 0 Å². The molecule has 0 saturated carbocycles. The van der Waals surface area contributed by atoms with Crippen LogP contribution in [0.3, 0.4) is 0 Å². The molecule has 0 bridgehead atoms. The van der Waals surface area contributed by atoms with Crippen molar-refractivity contribution in [1.82, 2.24) is 0 Å². The van der Waals surface area contributed by atoms with Crippen molar-refractivity contribution >= 4 is 5.69 Å². The second kappa shape index (κ2) is 8.07. The molecule has 1 atom stereocenters. The number of azo groups is 1. The van der Waals surface area contributed by atoms with Crippen LogP contribution in [0.4, 0.5) is 5.69 Å².